The Morgan fingerprint density at radius 1 is 0.949 bits per heavy atom. The maximum atomic E-state index is 13.1. The smallest absolute Gasteiger partial charge is 0.274 e. The van der Waals surface area contributed by atoms with Gasteiger partial charge in [0.1, 0.15) is 5.75 Å². The Morgan fingerprint density at radius 3 is 2.46 bits per heavy atom. The van der Waals surface area contributed by atoms with Crippen molar-refractivity contribution in [3.8, 4) is 5.75 Å². The zero-order valence-electron chi connectivity index (χ0n) is 20.0. The van der Waals surface area contributed by atoms with Gasteiger partial charge < -0.3 is 10.1 Å². The SMILES string of the molecule is O=C(NC(Oc1ccc(C=c2sc3nc4ccccc4n3c2=O)cc1)C(Cl)(Cl)Cl)c1cccc2ccccc12. The van der Waals surface area contributed by atoms with E-state index in [4.69, 9.17) is 39.5 Å². The van der Waals surface area contributed by atoms with Crippen LogP contribution in [0.15, 0.2) is 95.8 Å². The summed E-state index contributed by atoms with van der Waals surface area (Å²) in [5.41, 5.74) is 2.64. The van der Waals surface area contributed by atoms with Gasteiger partial charge in [0.2, 0.25) is 10.0 Å². The van der Waals surface area contributed by atoms with E-state index in [1.165, 1.54) is 11.3 Å². The average Bonchev–Trinajstić information content (AvgIpc) is 3.44. The summed E-state index contributed by atoms with van der Waals surface area (Å²) in [6.07, 6.45) is 0.519. The maximum absolute atomic E-state index is 13.1. The van der Waals surface area contributed by atoms with E-state index in [0.717, 1.165) is 27.4 Å². The largest absolute Gasteiger partial charge is 0.466 e. The number of amides is 1. The van der Waals surface area contributed by atoms with Gasteiger partial charge in [-0.25, -0.2) is 9.38 Å². The average molecular weight is 595 g/mol. The molecule has 6 rings (SSSR count). The molecular weight excluding hydrogens is 577 g/mol. The number of ether oxygens (including phenoxy) is 1. The molecule has 0 saturated carbocycles. The number of para-hydroxylation sites is 2. The van der Waals surface area contributed by atoms with Crippen LogP contribution in [0.3, 0.4) is 0 Å². The lowest BCUT2D eigenvalue weighted by molar-refractivity contribution is 0.0834. The van der Waals surface area contributed by atoms with Gasteiger partial charge in [-0.3, -0.25) is 9.59 Å². The highest BCUT2D eigenvalue weighted by atomic mass is 35.6. The third-order valence-corrected chi connectivity index (χ3v) is 7.73. The van der Waals surface area contributed by atoms with Crippen LogP contribution in [0, 0.1) is 0 Å². The molecule has 2 heterocycles. The molecule has 1 unspecified atom stereocenters. The molecule has 1 amide bonds. The molecule has 0 aliphatic rings. The fourth-order valence-corrected chi connectivity index (χ4v) is 5.62. The Morgan fingerprint density at radius 2 is 1.67 bits per heavy atom. The number of rotatable bonds is 5. The third kappa shape index (κ3) is 5.06. The first-order valence-electron chi connectivity index (χ1n) is 11.8. The zero-order chi connectivity index (χ0) is 27.1. The second-order valence-corrected chi connectivity index (χ2v) is 12.1. The van der Waals surface area contributed by atoms with Crippen LogP contribution in [0.25, 0.3) is 32.8 Å². The van der Waals surface area contributed by atoms with Crippen molar-refractivity contribution in [2.24, 2.45) is 0 Å². The van der Waals surface area contributed by atoms with E-state index in [-0.39, 0.29) is 5.56 Å². The van der Waals surface area contributed by atoms with E-state index in [0.29, 0.717) is 20.8 Å². The van der Waals surface area contributed by atoms with Crippen LogP contribution in [0.2, 0.25) is 0 Å². The fraction of sp³-hybridized carbons (Fsp3) is 0.0690. The number of nitrogens with one attached hydrogen (secondary N) is 1. The second-order valence-electron chi connectivity index (χ2n) is 8.74. The van der Waals surface area contributed by atoms with Crippen molar-refractivity contribution in [3.63, 3.8) is 0 Å². The minimum absolute atomic E-state index is 0.128. The Bertz CT molecular complexity index is 1960. The lowest BCUT2D eigenvalue weighted by Crippen LogP contribution is -2.47. The topological polar surface area (TPSA) is 72.7 Å². The number of halogens is 3. The number of fused-ring (bicyclic) bond motifs is 4. The molecule has 0 aliphatic carbocycles. The predicted molar refractivity (Wildman–Crippen MR) is 158 cm³/mol. The van der Waals surface area contributed by atoms with Crippen molar-refractivity contribution in [1.29, 1.82) is 0 Å². The van der Waals surface area contributed by atoms with Gasteiger partial charge in [-0.1, -0.05) is 107 Å². The lowest BCUT2D eigenvalue weighted by atomic mass is 10.0. The molecule has 0 spiro atoms. The molecular formula is C29H18Cl3N3O3S. The first kappa shape index (κ1) is 25.6. The van der Waals surface area contributed by atoms with Gasteiger partial charge in [0.15, 0.2) is 4.96 Å². The quantitative estimate of drug-likeness (QED) is 0.193. The lowest BCUT2D eigenvalue weighted by Gasteiger charge is -2.26. The summed E-state index contributed by atoms with van der Waals surface area (Å²) >= 11 is 19.8. The van der Waals surface area contributed by atoms with Crippen molar-refractivity contribution in [1.82, 2.24) is 14.7 Å². The highest BCUT2D eigenvalue weighted by molar-refractivity contribution is 7.15. The normalized spacial score (nSPS) is 13.3. The summed E-state index contributed by atoms with van der Waals surface area (Å²) in [5.74, 6) is -0.0673. The second kappa shape index (κ2) is 10.2. The van der Waals surface area contributed by atoms with Crippen molar-refractivity contribution >= 4 is 84.9 Å². The Labute approximate surface area is 241 Å². The minimum Gasteiger partial charge on any atom is -0.466 e. The highest BCUT2D eigenvalue weighted by Crippen LogP contribution is 2.32. The van der Waals surface area contributed by atoms with Gasteiger partial charge in [0, 0.05) is 5.56 Å². The van der Waals surface area contributed by atoms with Crippen molar-refractivity contribution in [3.05, 3.63) is 117 Å². The summed E-state index contributed by atoms with van der Waals surface area (Å²) < 4.78 is 6.11. The summed E-state index contributed by atoms with van der Waals surface area (Å²) in [5, 5.41) is 4.37. The first-order valence-corrected chi connectivity index (χ1v) is 13.8. The Kier molecular flexibility index (Phi) is 6.69. The monoisotopic (exact) mass is 593 g/mol. The summed E-state index contributed by atoms with van der Waals surface area (Å²) in [6, 6.07) is 27.4. The summed E-state index contributed by atoms with van der Waals surface area (Å²) in [4.78, 5) is 31.3. The van der Waals surface area contributed by atoms with Gasteiger partial charge in [-0.2, -0.15) is 0 Å². The molecule has 4 aromatic carbocycles. The molecule has 0 aliphatic heterocycles. The van der Waals surface area contributed by atoms with Gasteiger partial charge in [-0.05, 0) is 52.7 Å². The van der Waals surface area contributed by atoms with Crippen LogP contribution in [-0.4, -0.2) is 25.3 Å². The number of imidazole rings is 1. The maximum Gasteiger partial charge on any atom is 0.274 e. The van der Waals surface area contributed by atoms with Crippen molar-refractivity contribution < 1.29 is 9.53 Å². The Hall–Kier alpha value is -3.62. The molecule has 6 nitrogen and oxygen atoms in total. The number of alkyl halides is 3. The number of carbonyl (C=O) groups is 1. The molecule has 6 aromatic rings. The van der Waals surface area contributed by atoms with E-state index >= 15 is 0 Å². The molecule has 1 N–H and O–H groups in total. The van der Waals surface area contributed by atoms with Crippen LogP contribution in [-0.2, 0) is 0 Å². The van der Waals surface area contributed by atoms with Crippen LogP contribution in [0.5, 0.6) is 5.75 Å². The van der Waals surface area contributed by atoms with Crippen LogP contribution in [0.4, 0.5) is 0 Å². The van der Waals surface area contributed by atoms with Gasteiger partial charge >= 0.3 is 0 Å². The van der Waals surface area contributed by atoms with E-state index in [2.05, 4.69) is 10.3 Å². The number of hydrogen-bond acceptors (Lipinski definition) is 5. The van der Waals surface area contributed by atoms with E-state index in [9.17, 15) is 9.59 Å². The van der Waals surface area contributed by atoms with E-state index < -0.39 is 15.9 Å². The molecule has 0 bridgehead atoms. The highest BCUT2D eigenvalue weighted by Gasteiger charge is 2.36. The van der Waals surface area contributed by atoms with Gasteiger partial charge in [0.25, 0.3) is 11.5 Å². The number of nitrogens with zero attached hydrogens (tertiary/aromatic N) is 2. The van der Waals surface area contributed by atoms with E-state index in [1.807, 2.05) is 54.6 Å². The minimum atomic E-state index is -1.95. The molecule has 1 atom stereocenters. The number of thiazole rings is 1. The van der Waals surface area contributed by atoms with Crippen LogP contribution in [0.1, 0.15) is 15.9 Å². The molecule has 2 aromatic heterocycles. The third-order valence-electron chi connectivity index (χ3n) is 6.17. The first-order chi connectivity index (χ1) is 18.8. The summed E-state index contributed by atoms with van der Waals surface area (Å²) in [7, 11) is 0. The number of hydrogen-bond donors (Lipinski definition) is 1. The molecule has 39 heavy (non-hydrogen) atoms. The molecule has 0 saturated heterocycles. The van der Waals surface area contributed by atoms with Gasteiger partial charge in [0.05, 0.1) is 15.6 Å². The summed E-state index contributed by atoms with van der Waals surface area (Å²) in [6.45, 7) is 0. The number of benzene rings is 4. The zero-order valence-corrected chi connectivity index (χ0v) is 23.1. The number of aromatic nitrogens is 2. The number of carbonyl (C=O) groups excluding carboxylic acids is 1. The van der Waals surface area contributed by atoms with Crippen LogP contribution >= 0.6 is 46.1 Å². The molecule has 10 heteroatoms. The van der Waals surface area contributed by atoms with Crippen molar-refractivity contribution in [2.75, 3.05) is 0 Å². The Balaban J connectivity index is 1.24. The fourth-order valence-electron chi connectivity index (χ4n) is 4.34. The standard InChI is InChI=1S/C29H18Cl3N3O3S/c30-29(31,32)27(34-25(36)21-9-5-7-18-6-1-2-8-20(18)21)38-19-14-12-17(13-15-19)16-24-26(37)35-23-11-4-3-10-22(23)33-28(35)39-24/h1-16,27H,(H,34,36). The molecule has 194 valence electrons. The van der Waals surface area contributed by atoms with E-state index in [1.54, 1.807) is 46.9 Å². The van der Waals surface area contributed by atoms with Crippen molar-refractivity contribution in [2.45, 2.75) is 10.0 Å². The van der Waals surface area contributed by atoms with Gasteiger partial charge in [-0.15, -0.1) is 0 Å². The predicted octanol–water partition coefficient (Wildman–Crippen LogP) is 6.12. The molecule has 0 radical (unpaired) electrons. The molecule has 0 fully saturated rings. The van der Waals surface area contributed by atoms with Crippen LogP contribution < -0.4 is 20.1 Å².